The Morgan fingerprint density at radius 2 is 1.85 bits per heavy atom. The summed E-state index contributed by atoms with van der Waals surface area (Å²) in [6.45, 7) is 2.70. The minimum atomic E-state index is -0.170. The lowest BCUT2D eigenvalue weighted by molar-refractivity contribution is -0.121. The van der Waals surface area contributed by atoms with Crippen LogP contribution in [0.15, 0.2) is 35.4 Å². The van der Waals surface area contributed by atoms with Crippen molar-refractivity contribution in [2.75, 3.05) is 0 Å². The Morgan fingerprint density at radius 1 is 1.15 bits per heavy atom. The van der Waals surface area contributed by atoms with Gasteiger partial charge in [-0.3, -0.25) is 14.2 Å². The van der Waals surface area contributed by atoms with Gasteiger partial charge in [-0.1, -0.05) is 11.6 Å². The Kier molecular flexibility index (Phi) is 4.83. The van der Waals surface area contributed by atoms with E-state index in [1.54, 1.807) is 23.0 Å². The van der Waals surface area contributed by atoms with E-state index in [0.717, 1.165) is 18.5 Å². The molecule has 2 heterocycles. The van der Waals surface area contributed by atoms with Crippen molar-refractivity contribution in [3.8, 4) is 5.69 Å². The van der Waals surface area contributed by atoms with Crippen LogP contribution in [0.5, 0.6) is 0 Å². The van der Waals surface area contributed by atoms with E-state index in [4.69, 9.17) is 16.6 Å². The Labute approximate surface area is 161 Å². The van der Waals surface area contributed by atoms with E-state index in [-0.39, 0.29) is 5.56 Å². The van der Waals surface area contributed by atoms with Crippen LogP contribution in [0, 0.1) is 5.92 Å². The fourth-order valence-electron chi connectivity index (χ4n) is 3.73. The van der Waals surface area contributed by atoms with Crippen LogP contribution in [-0.2, 0) is 17.8 Å². The van der Waals surface area contributed by atoms with Gasteiger partial charge < -0.3 is 4.57 Å². The van der Waals surface area contributed by atoms with Crippen LogP contribution in [0.3, 0.4) is 0 Å². The molecule has 27 heavy (non-hydrogen) atoms. The van der Waals surface area contributed by atoms with Gasteiger partial charge in [0, 0.05) is 30.8 Å². The van der Waals surface area contributed by atoms with E-state index in [0.29, 0.717) is 59.5 Å². The molecule has 0 bridgehead atoms. The standard InChI is InChI=1S/C20H21ClN4O2/c1-2-24-12-22-18-19(24)23-17(11-13-3-9-16(26)10-4-13)25(20(18)27)15-7-5-14(21)6-8-15/h5-8,12-13H,2-4,9-11H2,1H3. The molecule has 3 aromatic rings. The second-order valence-corrected chi connectivity index (χ2v) is 7.47. The lowest BCUT2D eigenvalue weighted by Gasteiger charge is -2.22. The maximum atomic E-state index is 13.2. The van der Waals surface area contributed by atoms with Gasteiger partial charge in [-0.15, -0.1) is 0 Å². The lowest BCUT2D eigenvalue weighted by Crippen LogP contribution is -2.27. The second kappa shape index (κ2) is 7.27. The zero-order valence-corrected chi connectivity index (χ0v) is 15.9. The number of aryl methyl sites for hydroxylation is 1. The highest BCUT2D eigenvalue weighted by Gasteiger charge is 2.23. The van der Waals surface area contributed by atoms with Gasteiger partial charge in [-0.25, -0.2) is 9.97 Å². The molecule has 0 unspecified atom stereocenters. The number of halogens is 1. The van der Waals surface area contributed by atoms with E-state index in [1.165, 1.54) is 0 Å². The maximum Gasteiger partial charge on any atom is 0.286 e. The van der Waals surface area contributed by atoms with Gasteiger partial charge in [-0.05, 0) is 49.9 Å². The van der Waals surface area contributed by atoms with E-state index in [2.05, 4.69) is 4.98 Å². The summed E-state index contributed by atoms with van der Waals surface area (Å²) in [5.74, 6) is 1.39. The van der Waals surface area contributed by atoms with Crippen molar-refractivity contribution in [1.82, 2.24) is 19.1 Å². The number of carbonyl (C=O) groups excluding carboxylic acids is 1. The second-order valence-electron chi connectivity index (χ2n) is 7.03. The van der Waals surface area contributed by atoms with E-state index in [1.807, 2.05) is 23.6 Å². The summed E-state index contributed by atoms with van der Waals surface area (Å²) in [5.41, 5.74) is 1.55. The average Bonchev–Trinajstić information content (AvgIpc) is 3.08. The smallest absolute Gasteiger partial charge is 0.286 e. The van der Waals surface area contributed by atoms with E-state index < -0.39 is 0 Å². The molecule has 0 aliphatic heterocycles. The molecule has 7 heteroatoms. The molecule has 140 valence electrons. The number of ketones is 1. The van der Waals surface area contributed by atoms with E-state index >= 15 is 0 Å². The first-order valence-electron chi connectivity index (χ1n) is 9.31. The highest BCUT2D eigenvalue weighted by atomic mass is 35.5. The summed E-state index contributed by atoms with van der Waals surface area (Å²) < 4.78 is 3.53. The number of aromatic nitrogens is 4. The third kappa shape index (κ3) is 3.41. The molecule has 4 rings (SSSR count). The molecule has 0 N–H and O–H groups in total. The number of imidazole rings is 1. The summed E-state index contributed by atoms with van der Waals surface area (Å²) in [6, 6.07) is 7.17. The quantitative estimate of drug-likeness (QED) is 0.689. The number of benzene rings is 1. The van der Waals surface area contributed by atoms with Crippen molar-refractivity contribution < 1.29 is 4.79 Å². The fraction of sp³-hybridized carbons (Fsp3) is 0.400. The third-order valence-electron chi connectivity index (χ3n) is 5.27. The molecule has 1 aliphatic carbocycles. The third-order valence-corrected chi connectivity index (χ3v) is 5.52. The van der Waals surface area contributed by atoms with Crippen molar-refractivity contribution in [3.63, 3.8) is 0 Å². The average molecular weight is 385 g/mol. The Hall–Kier alpha value is -2.47. The zero-order valence-electron chi connectivity index (χ0n) is 15.2. The SMILES string of the molecule is CCn1cnc2c(=O)n(-c3ccc(Cl)cc3)c(CC3CCC(=O)CC3)nc21. The van der Waals surface area contributed by atoms with Crippen LogP contribution in [0.1, 0.15) is 38.4 Å². The number of carbonyl (C=O) groups is 1. The zero-order chi connectivity index (χ0) is 19.0. The number of fused-ring (bicyclic) bond motifs is 1. The molecule has 1 saturated carbocycles. The fourth-order valence-corrected chi connectivity index (χ4v) is 3.85. The number of hydrogen-bond acceptors (Lipinski definition) is 4. The predicted octanol–water partition coefficient (Wildman–Crippen LogP) is 3.56. The first-order valence-corrected chi connectivity index (χ1v) is 9.69. The van der Waals surface area contributed by atoms with Crippen LogP contribution in [-0.4, -0.2) is 24.9 Å². The van der Waals surface area contributed by atoms with Gasteiger partial charge >= 0.3 is 0 Å². The van der Waals surface area contributed by atoms with Crippen molar-refractivity contribution >= 4 is 28.5 Å². The van der Waals surface area contributed by atoms with Crippen LogP contribution < -0.4 is 5.56 Å². The Bertz CT molecular complexity index is 1040. The molecule has 0 saturated heterocycles. The van der Waals surface area contributed by atoms with E-state index in [9.17, 15) is 9.59 Å². The first kappa shape index (κ1) is 17.9. The molecule has 0 amide bonds. The lowest BCUT2D eigenvalue weighted by atomic mass is 9.86. The Morgan fingerprint density at radius 3 is 2.52 bits per heavy atom. The summed E-state index contributed by atoms with van der Waals surface area (Å²) >= 11 is 6.01. The monoisotopic (exact) mass is 384 g/mol. The molecule has 1 aromatic carbocycles. The van der Waals surface area contributed by atoms with Gasteiger partial charge in [0.2, 0.25) is 0 Å². The van der Waals surface area contributed by atoms with Gasteiger partial charge in [-0.2, -0.15) is 0 Å². The summed E-state index contributed by atoms with van der Waals surface area (Å²) in [7, 11) is 0. The topological polar surface area (TPSA) is 69.8 Å². The highest BCUT2D eigenvalue weighted by molar-refractivity contribution is 6.30. The molecule has 1 fully saturated rings. The number of rotatable bonds is 4. The van der Waals surface area contributed by atoms with Gasteiger partial charge in [0.05, 0.1) is 12.0 Å². The minimum absolute atomic E-state index is 0.170. The largest absolute Gasteiger partial charge is 0.315 e. The summed E-state index contributed by atoms with van der Waals surface area (Å²) in [4.78, 5) is 33.9. The molecule has 0 atom stereocenters. The molecule has 1 aliphatic rings. The summed E-state index contributed by atoms with van der Waals surface area (Å²) in [6.07, 6.45) is 5.25. The van der Waals surface area contributed by atoms with Gasteiger partial charge in [0.1, 0.15) is 11.6 Å². The normalized spacial score (nSPS) is 15.6. The van der Waals surface area contributed by atoms with Crippen molar-refractivity contribution in [3.05, 3.63) is 51.8 Å². The number of nitrogens with zero attached hydrogens (tertiary/aromatic N) is 4. The minimum Gasteiger partial charge on any atom is -0.315 e. The molecule has 2 aromatic heterocycles. The molecule has 0 spiro atoms. The van der Waals surface area contributed by atoms with Crippen molar-refractivity contribution in [2.24, 2.45) is 5.92 Å². The molecule has 0 radical (unpaired) electrons. The van der Waals surface area contributed by atoms with Crippen LogP contribution in [0.2, 0.25) is 5.02 Å². The van der Waals surface area contributed by atoms with Crippen LogP contribution in [0.4, 0.5) is 0 Å². The number of Topliss-reactive ketones (excluding diaryl/α,β-unsaturated/α-hetero) is 1. The maximum absolute atomic E-state index is 13.2. The molecular formula is C20H21ClN4O2. The summed E-state index contributed by atoms with van der Waals surface area (Å²) in [5, 5.41) is 0.614. The molecule has 6 nitrogen and oxygen atoms in total. The molecular weight excluding hydrogens is 364 g/mol. The highest BCUT2D eigenvalue weighted by Crippen LogP contribution is 2.26. The van der Waals surface area contributed by atoms with Crippen LogP contribution in [0.25, 0.3) is 16.9 Å². The first-order chi connectivity index (χ1) is 13.1. The van der Waals surface area contributed by atoms with Gasteiger partial charge in [0.25, 0.3) is 5.56 Å². The Balaban J connectivity index is 1.85. The predicted molar refractivity (Wildman–Crippen MR) is 104 cm³/mol. The van der Waals surface area contributed by atoms with Crippen LogP contribution >= 0.6 is 11.6 Å². The van der Waals surface area contributed by atoms with Gasteiger partial charge in [0.15, 0.2) is 11.2 Å². The van der Waals surface area contributed by atoms with Crippen molar-refractivity contribution in [2.45, 2.75) is 45.6 Å². The number of hydrogen-bond donors (Lipinski definition) is 0. The van der Waals surface area contributed by atoms with Crippen molar-refractivity contribution in [1.29, 1.82) is 0 Å².